The molecule has 2 unspecified atom stereocenters. The summed E-state index contributed by atoms with van der Waals surface area (Å²) in [6.45, 7) is 2.20. The molecule has 0 radical (unpaired) electrons. The Morgan fingerprint density at radius 1 is 1.40 bits per heavy atom. The Labute approximate surface area is 126 Å². The fourth-order valence-electron chi connectivity index (χ4n) is 2.50. The first-order chi connectivity index (χ1) is 9.41. The van der Waals surface area contributed by atoms with Crippen LogP contribution in [0.5, 0.6) is 0 Å². The van der Waals surface area contributed by atoms with Gasteiger partial charge in [0.05, 0.1) is 5.02 Å². The number of piperidine rings is 1. The van der Waals surface area contributed by atoms with E-state index in [4.69, 9.17) is 23.2 Å². The first kappa shape index (κ1) is 15.1. The minimum absolute atomic E-state index is 0.000448. The number of carbonyl (C=O) groups excluding carboxylic acids is 1. The van der Waals surface area contributed by atoms with Crippen LogP contribution in [0.25, 0.3) is 0 Å². The summed E-state index contributed by atoms with van der Waals surface area (Å²) in [5.41, 5.74) is -0.000448. The lowest BCUT2D eigenvalue weighted by molar-refractivity contribution is -0.145. The number of amides is 1. The highest BCUT2D eigenvalue weighted by atomic mass is 35.5. The molecule has 0 bridgehead atoms. The number of hydrogen-bond acceptors (Lipinski definition) is 3. The van der Waals surface area contributed by atoms with Crippen molar-refractivity contribution in [3.05, 3.63) is 28.0 Å². The Morgan fingerprint density at radius 3 is 2.75 bits per heavy atom. The molecule has 2 heterocycles. The van der Waals surface area contributed by atoms with Crippen LogP contribution in [0.15, 0.2) is 12.1 Å². The molecule has 0 spiro atoms. The maximum absolute atomic E-state index is 12.5. The maximum Gasteiger partial charge on any atom is 0.326 e. The molecule has 1 N–H and O–H groups in total. The van der Waals surface area contributed by atoms with Crippen molar-refractivity contribution < 1.29 is 14.7 Å². The quantitative estimate of drug-likeness (QED) is 0.852. The van der Waals surface area contributed by atoms with Crippen molar-refractivity contribution >= 4 is 35.1 Å². The normalized spacial score (nSPS) is 22.6. The molecule has 0 aliphatic carbocycles. The molecule has 5 nitrogen and oxygen atoms in total. The topological polar surface area (TPSA) is 70.5 Å². The van der Waals surface area contributed by atoms with Crippen LogP contribution in [0.4, 0.5) is 0 Å². The van der Waals surface area contributed by atoms with Crippen LogP contribution in [0, 0.1) is 5.92 Å². The molecule has 1 aliphatic rings. The Morgan fingerprint density at radius 2 is 2.10 bits per heavy atom. The van der Waals surface area contributed by atoms with Gasteiger partial charge in [-0.3, -0.25) is 4.79 Å². The standard InChI is InChI=1S/C13H14Cl2N2O3/c1-7-3-2-6-17(11(7)13(19)20)12(18)10-8(14)4-5-9(15)16-10/h4-5,7,11H,2-3,6H2,1H3,(H,19,20). The third-order valence-electron chi connectivity index (χ3n) is 3.46. The highest BCUT2D eigenvalue weighted by Crippen LogP contribution is 2.27. The summed E-state index contributed by atoms with van der Waals surface area (Å²) in [7, 11) is 0. The molecule has 1 aliphatic heterocycles. The van der Waals surface area contributed by atoms with Crippen LogP contribution in [0.3, 0.4) is 0 Å². The van der Waals surface area contributed by atoms with E-state index in [9.17, 15) is 14.7 Å². The molecule has 1 aromatic heterocycles. The monoisotopic (exact) mass is 316 g/mol. The van der Waals surface area contributed by atoms with Gasteiger partial charge in [-0.25, -0.2) is 9.78 Å². The van der Waals surface area contributed by atoms with Gasteiger partial charge in [0, 0.05) is 6.54 Å². The summed E-state index contributed by atoms with van der Waals surface area (Å²) in [6.07, 6.45) is 1.53. The molecule has 1 aromatic rings. The van der Waals surface area contributed by atoms with Gasteiger partial charge in [-0.2, -0.15) is 0 Å². The Bertz CT molecular complexity index is 550. The van der Waals surface area contributed by atoms with Crippen molar-refractivity contribution in [2.45, 2.75) is 25.8 Å². The summed E-state index contributed by atoms with van der Waals surface area (Å²) >= 11 is 11.7. The number of hydrogen-bond donors (Lipinski definition) is 1. The zero-order chi connectivity index (χ0) is 14.9. The van der Waals surface area contributed by atoms with Crippen LogP contribution in [-0.4, -0.2) is 39.5 Å². The van der Waals surface area contributed by atoms with Crippen molar-refractivity contribution in [2.75, 3.05) is 6.54 Å². The van der Waals surface area contributed by atoms with Gasteiger partial charge in [0.1, 0.15) is 16.9 Å². The van der Waals surface area contributed by atoms with E-state index in [1.54, 1.807) is 0 Å². The summed E-state index contributed by atoms with van der Waals surface area (Å²) < 4.78 is 0. The van der Waals surface area contributed by atoms with Crippen molar-refractivity contribution in [3.8, 4) is 0 Å². The minimum atomic E-state index is -1.01. The van der Waals surface area contributed by atoms with E-state index < -0.39 is 17.9 Å². The number of carbonyl (C=O) groups is 2. The zero-order valence-electron chi connectivity index (χ0n) is 10.8. The molecule has 1 fully saturated rings. The largest absolute Gasteiger partial charge is 0.480 e. The van der Waals surface area contributed by atoms with Gasteiger partial charge in [-0.1, -0.05) is 30.1 Å². The number of carboxylic acids is 1. The molecule has 108 valence electrons. The molecule has 0 saturated carbocycles. The van der Waals surface area contributed by atoms with Gasteiger partial charge in [0.25, 0.3) is 5.91 Å². The first-order valence-electron chi connectivity index (χ1n) is 6.27. The summed E-state index contributed by atoms with van der Waals surface area (Å²) in [5, 5.41) is 9.64. The third-order valence-corrected chi connectivity index (χ3v) is 3.98. The summed E-state index contributed by atoms with van der Waals surface area (Å²) in [4.78, 5) is 29.1. The van der Waals surface area contributed by atoms with E-state index in [0.717, 1.165) is 12.8 Å². The van der Waals surface area contributed by atoms with Crippen LogP contribution in [0.2, 0.25) is 10.2 Å². The van der Waals surface area contributed by atoms with Crippen molar-refractivity contribution in [1.82, 2.24) is 9.88 Å². The molecule has 1 saturated heterocycles. The first-order valence-corrected chi connectivity index (χ1v) is 7.03. The lowest BCUT2D eigenvalue weighted by atomic mass is 9.90. The van der Waals surface area contributed by atoms with E-state index in [0.29, 0.717) is 6.54 Å². The fourth-order valence-corrected chi connectivity index (χ4v) is 2.83. The number of rotatable bonds is 2. The number of likely N-dealkylation sites (tertiary alicyclic amines) is 1. The Kier molecular flexibility index (Phi) is 4.50. The van der Waals surface area contributed by atoms with E-state index in [-0.39, 0.29) is 21.8 Å². The average Bonchev–Trinajstić information content (AvgIpc) is 2.40. The SMILES string of the molecule is CC1CCCN(C(=O)c2nc(Cl)ccc2Cl)C1C(=O)O. The highest BCUT2D eigenvalue weighted by Gasteiger charge is 2.38. The molecular weight excluding hydrogens is 303 g/mol. The van der Waals surface area contributed by atoms with Crippen molar-refractivity contribution in [1.29, 1.82) is 0 Å². The van der Waals surface area contributed by atoms with Gasteiger partial charge < -0.3 is 10.0 Å². The fraction of sp³-hybridized carbons (Fsp3) is 0.462. The van der Waals surface area contributed by atoms with Gasteiger partial charge in [-0.05, 0) is 30.9 Å². The van der Waals surface area contributed by atoms with E-state index >= 15 is 0 Å². The minimum Gasteiger partial charge on any atom is -0.480 e. The van der Waals surface area contributed by atoms with Gasteiger partial charge in [0.2, 0.25) is 0 Å². The zero-order valence-corrected chi connectivity index (χ0v) is 12.4. The van der Waals surface area contributed by atoms with E-state index in [1.165, 1.54) is 17.0 Å². The smallest absolute Gasteiger partial charge is 0.326 e. The summed E-state index contributed by atoms with van der Waals surface area (Å²) in [6, 6.07) is 2.11. The van der Waals surface area contributed by atoms with Gasteiger partial charge in [-0.15, -0.1) is 0 Å². The molecule has 2 rings (SSSR count). The maximum atomic E-state index is 12.5. The van der Waals surface area contributed by atoms with Crippen molar-refractivity contribution in [3.63, 3.8) is 0 Å². The Balaban J connectivity index is 2.35. The number of carboxylic acid groups (broad SMARTS) is 1. The number of aliphatic carboxylic acids is 1. The van der Waals surface area contributed by atoms with Crippen LogP contribution in [-0.2, 0) is 4.79 Å². The number of pyridine rings is 1. The van der Waals surface area contributed by atoms with E-state index in [1.807, 2.05) is 6.92 Å². The highest BCUT2D eigenvalue weighted by molar-refractivity contribution is 6.34. The van der Waals surface area contributed by atoms with E-state index in [2.05, 4.69) is 4.98 Å². The predicted molar refractivity (Wildman–Crippen MR) is 75.1 cm³/mol. The second kappa shape index (κ2) is 5.97. The third kappa shape index (κ3) is 2.88. The Hall–Kier alpha value is -1.33. The summed E-state index contributed by atoms with van der Waals surface area (Å²) in [5.74, 6) is -1.61. The van der Waals surface area contributed by atoms with Gasteiger partial charge >= 0.3 is 5.97 Å². The molecule has 2 atom stereocenters. The van der Waals surface area contributed by atoms with Crippen LogP contribution >= 0.6 is 23.2 Å². The molecule has 0 aromatic carbocycles. The molecule has 20 heavy (non-hydrogen) atoms. The average molecular weight is 317 g/mol. The number of halogens is 2. The molecule has 7 heteroatoms. The lowest BCUT2D eigenvalue weighted by Gasteiger charge is -2.37. The van der Waals surface area contributed by atoms with Crippen molar-refractivity contribution in [2.24, 2.45) is 5.92 Å². The molecular formula is C13H14Cl2N2O3. The number of nitrogens with zero attached hydrogens (tertiary/aromatic N) is 2. The van der Waals surface area contributed by atoms with Crippen LogP contribution < -0.4 is 0 Å². The lowest BCUT2D eigenvalue weighted by Crippen LogP contribution is -2.52. The van der Waals surface area contributed by atoms with Gasteiger partial charge in [0.15, 0.2) is 0 Å². The second-order valence-electron chi connectivity index (χ2n) is 4.87. The predicted octanol–water partition coefficient (Wildman–Crippen LogP) is 2.71. The molecule has 1 amide bonds. The second-order valence-corrected chi connectivity index (χ2v) is 5.66. The van der Waals surface area contributed by atoms with Crippen LogP contribution in [0.1, 0.15) is 30.3 Å². The number of aromatic nitrogens is 1.